The second-order valence-corrected chi connectivity index (χ2v) is 5.89. The lowest BCUT2D eigenvalue weighted by Crippen LogP contribution is -2.31. The average Bonchev–Trinajstić information content (AvgIpc) is 2.59. The van der Waals surface area contributed by atoms with Crippen molar-refractivity contribution in [3.8, 4) is 5.75 Å². The summed E-state index contributed by atoms with van der Waals surface area (Å²) in [5.74, 6) is 0.842. The highest BCUT2D eigenvalue weighted by molar-refractivity contribution is 5.85. The standard InChI is InChI=1S/C20H27NO2.ClH/c1-3-20(22)18-9-11-19(12-10-18)23-14-13-21-16(2)15-17-7-5-4-6-8-17;/h4-12,16,20-22H,3,13-15H2,1-2H3;1H. The van der Waals surface area contributed by atoms with Gasteiger partial charge in [0.05, 0.1) is 6.10 Å². The fraction of sp³-hybridized carbons (Fsp3) is 0.400. The van der Waals surface area contributed by atoms with Crippen LogP contribution in [0.15, 0.2) is 54.6 Å². The van der Waals surface area contributed by atoms with Gasteiger partial charge in [0, 0.05) is 12.6 Å². The summed E-state index contributed by atoms with van der Waals surface area (Å²) in [5, 5.41) is 13.2. The highest BCUT2D eigenvalue weighted by Crippen LogP contribution is 2.19. The van der Waals surface area contributed by atoms with E-state index in [1.165, 1.54) is 5.56 Å². The Kier molecular flexibility index (Phi) is 9.46. The van der Waals surface area contributed by atoms with Crippen molar-refractivity contribution in [3.63, 3.8) is 0 Å². The molecule has 0 aliphatic rings. The molecule has 4 heteroatoms. The van der Waals surface area contributed by atoms with E-state index < -0.39 is 0 Å². The van der Waals surface area contributed by atoms with E-state index in [0.717, 1.165) is 30.7 Å². The van der Waals surface area contributed by atoms with Gasteiger partial charge in [0.15, 0.2) is 0 Å². The van der Waals surface area contributed by atoms with E-state index >= 15 is 0 Å². The number of aliphatic hydroxyl groups is 1. The summed E-state index contributed by atoms with van der Waals surface area (Å²) >= 11 is 0. The van der Waals surface area contributed by atoms with Gasteiger partial charge >= 0.3 is 0 Å². The van der Waals surface area contributed by atoms with Gasteiger partial charge in [-0.05, 0) is 43.0 Å². The first-order chi connectivity index (χ1) is 11.2. The van der Waals surface area contributed by atoms with E-state index in [-0.39, 0.29) is 18.5 Å². The van der Waals surface area contributed by atoms with Crippen LogP contribution in [-0.4, -0.2) is 24.3 Å². The molecule has 3 nitrogen and oxygen atoms in total. The maximum atomic E-state index is 9.77. The summed E-state index contributed by atoms with van der Waals surface area (Å²) < 4.78 is 5.73. The number of rotatable bonds is 9. The van der Waals surface area contributed by atoms with Crippen LogP contribution in [-0.2, 0) is 6.42 Å². The van der Waals surface area contributed by atoms with E-state index in [4.69, 9.17) is 4.74 Å². The number of halogens is 1. The van der Waals surface area contributed by atoms with Crippen LogP contribution >= 0.6 is 12.4 Å². The van der Waals surface area contributed by atoms with E-state index in [1.54, 1.807) is 0 Å². The van der Waals surface area contributed by atoms with E-state index in [1.807, 2.05) is 37.3 Å². The van der Waals surface area contributed by atoms with Crippen molar-refractivity contribution in [1.29, 1.82) is 0 Å². The molecule has 0 saturated carbocycles. The molecule has 0 fully saturated rings. The minimum absolute atomic E-state index is 0. The van der Waals surface area contributed by atoms with Crippen LogP contribution in [0.3, 0.4) is 0 Å². The Hall–Kier alpha value is -1.55. The first-order valence-electron chi connectivity index (χ1n) is 8.37. The molecule has 0 aliphatic carbocycles. The van der Waals surface area contributed by atoms with Crippen LogP contribution in [0.25, 0.3) is 0 Å². The van der Waals surface area contributed by atoms with Crippen molar-refractivity contribution in [3.05, 3.63) is 65.7 Å². The second kappa shape index (κ2) is 11.1. The SMILES string of the molecule is CCC(O)c1ccc(OCCNC(C)Cc2ccccc2)cc1.Cl. The molecular formula is C20H28ClNO2. The fourth-order valence-corrected chi connectivity index (χ4v) is 2.54. The van der Waals surface area contributed by atoms with Gasteiger partial charge in [-0.2, -0.15) is 0 Å². The van der Waals surface area contributed by atoms with Crippen molar-refractivity contribution < 1.29 is 9.84 Å². The Morgan fingerprint density at radius 3 is 2.33 bits per heavy atom. The number of aliphatic hydroxyl groups excluding tert-OH is 1. The Bertz CT molecular complexity index is 560. The summed E-state index contributed by atoms with van der Waals surface area (Å²) in [6, 6.07) is 18.6. The monoisotopic (exact) mass is 349 g/mol. The molecule has 2 atom stereocenters. The molecular weight excluding hydrogens is 322 g/mol. The maximum absolute atomic E-state index is 9.77. The largest absolute Gasteiger partial charge is 0.492 e. The van der Waals surface area contributed by atoms with Gasteiger partial charge in [-0.3, -0.25) is 0 Å². The third kappa shape index (κ3) is 6.91. The van der Waals surface area contributed by atoms with Gasteiger partial charge in [-0.1, -0.05) is 49.4 Å². The molecule has 132 valence electrons. The lowest BCUT2D eigenvalue weighted by molar-refractivity contribution is 0.173. The molecule has 0 saturated heterocycles. The van der Waals surface area contributed by atoms with Gasteiger partial charge in [0.1, 0.15) is 12.4 Å². The van der Waals surface area contributed by atoms with Gasteiger partial charge in [-0.15, -0.1) is 12.4 Å². The Morgan fingerprint density at radius 2 is 1.71 bits per heavy atom. The first kappa shape index (κ1) is 20.5. The molecule has 0 radical (unpaired) electrons. The second-order valence-electron chi connectivity index (χ2n) is 5.89. The lowest BCUT2D eigenvalue weighted by atomic mass is 10.1. The summed E-state index contributed by atoms with van der Waals surface area (Å²) in [6.45, 7) is 5.60. The van der Waals surface area contributed by atoms with Gasteiger partial charge < -0.3 is 15.2 Å². The van der Waals surface area contributed by atoms with Crippen molar-refractivity contribution in [2.45, 2.75) is 38.8 Å². The van der Waals surface area contributed by atoms with Crippen molar-refractivity contribution >= 4 is 12.4 Å². The minimum Gasteiger partial charge on any atom is -0.492 e. The smallest absolute Gasteiger partial charge is 0.119 e. The van der Waals surface area contributed by atoms with Crippen LogP contribution in [0.5, 0.6) is 5.75 Å². The molecule has 2 N–H and O–H groups in total. The van der Waals surface area contributed by atoms with Gasteiger partial charge in [0.2, 0.25) is 0 Å². The zero-order valence-electron chi connectivity index (χ0n) is 14.4. The highest BCUT2D eigenvalue weighted by atomic mass is 35.5. The molecule has 0 spiro atoms. The van der Waals surface area contributed by atoms with Crippen molar-refractivity contribution in [2.24, 2.45) is 0 Å². The molecule has 2 unspecified atom stereocenters. The molecule has 0 amide bonds. The molecule has 0 aliphatic heterocycles. The number of hydrogen-bond donors (Lipinski definition) is 2. The molecule has 0 aromatic heterocycles. The van der Waals surface area contributed by atoms with Crippen LogP contribution in [0.4, 0.5) is 0 Å². The minimum atomic E-state index is -0.385. The van der Waals surface area contributed by atoms with Crippen molar-refractivity contribution in [1.82, 2.24) is 5.32 Å². The Morgan fingerprint density at radius 1 is 1.04 bits per heavy atom. The number of benzene rings is 2. The van der Waals surface area contributed by atoms with Gasteiger partial charge in [-0.25, -0.2) is 0 Å². The van der Waals surface area contributed by atoms with Gasteiger partial charge in [0.25, 0.3) is 0 Å². The first-order valence-corrected chi connectivity index (χ1v) is 8.37. The molecule has 2 aromatic carbocycles. The topological polar surface area (TPSA) is 41.5 Å². The number of nitrogens with one attached hydrogen (secondary N) is 1. The lowest BCUT2D eigenvalue weighted by Gasteiger charge is -2.15. The van der Waals surface area contributed by atoms with Crippen LogP contribution in [0.2, 0.25) is 0 Å². The Labute approximate surface area is 151 Å². The summed E-state index contributed by atoms with van der Waals surface area (Å²) in [4.78, 5) is 0. The molecule has 2 rings (SSSR count). The quantitative estimate of drug-likeness (QED) is 0.668. The van der Waals surface area contributed by atoms with E-state index in [0.29, 0.717) is 12.6 Å². The average molecular weight is 350 g/mol. The van der Waals surface area contributed by atoms with Crippen molar-refractivity contribution in [2.75, 3.05) is 13.2 Å². The molecule has 24 heavy (non-hydrogen) atoms. The fourth-order valence-electron chi connectivity index (χ4n) is 2.54. The molecule has 0 bridgehead atoms. The van der Waals surface area contributed by atoms with E-state index in [9.17, 15) is 5.11 Å². The summed E-state index contributed by atoms with van der Waals surface area (Å²) in [5.41, 5.74) is 2.29. The predicted octanol–water partition coefficient (Wildman–Crippen LogP) is 4.15. The zero-order chi connectivity index (χ0) is 16.5. The highest BCUT2D eigenvalue weighted by Gasteiger charge is 2.05. The summed E-state index contributed by atoms with van der Waals surface area (Å²) in [6.07, 6.45) is 1.36. The molecule has 0 heterocycles. The van der Waals surface area contributed by atoms with Crippen LogP contribution in [0, 0.1) is 0 Å². The third-order valence-corrected chi connectivity index (χ3v) is 3.90. The normalized spacial score (nSPS) is 13.0. The van der Waals surface area contributed by atoms with Crippen LogP contribution < -0.4 is 10.1 Å². The summed E-state index contributed by atoms with van der Waals surface area (Å²) in [7, 11) is 0. The maximum Gasteiger partial charge on any atom is 0.119 e. The molecule has 2 aromatic rings. The number of hydrogen-bond acceptors (Lipinski definition) is 3. The van der Waals surface area contributed by atoms with E-state index in [2.05, 4.69) is 36.5 Å². The predicted molar refractivity (Wildman–Crippen MR) is 102 cm³/mol. The van der Waals surface area contributed by atoms with Crippen LogP contribution in [0.1, 0.15) is 37.5 Å². The Balaban J connectivity index is 0.00000288. The number of ether oxygens (including phenoxy) is 1. The third-order valence-electron chi connectivity index (χ3n) is 3.90. The zero-order valence-corrected chi connectivity index (χ0v) is 15.3.